The zero-order valence-electron chi connectivity index (χ0n) is 11.2. The van der Waals surface area contributed by atoms with Crippen molar-refractivity contribution < 1.29 is 19.4 Å². The van der Waals surface area contributed by atoms with Gasteiger partial charge in [0.1, 0.15) is 5.54 Å². The molecule has 1 aliphatic heterocycles. The number of benzene rings is 1. The molecule has 5 nitrogen and oxygen atoms in total. The van der Waals surface area contributed by atoms with Crippen molar-refractivity contribution in [3.05, 3.63) is 35.4 Å². The second-order valence-corrected chi connectivity index (χ2v) is 5.84. The van der Waals surface area contributed by atoms with Crippen molar-refractivity contribution in [1.29, 1.82) is 0 Å². The number of carbonyl (C=O) groups excluding carboxylic acids is 1. The molecule has 0 bridgehead atoms. The summed E-state index contributed by atoms with van der Waals surface area (Å²) in [5, 5.41) is 12.1. The minimum atomic E-state index is -1.15. The Balaban J connectivity index is 2.21. The summed E-state index contributed by atoms with van der Waals surface area (Å²) in [6, 6.07) is 7.06. The normalized spacial score (nSPS) is 21.6. The van der Waals surface area contributed by atoms with Crippen molar-refractivity contribution in [3.8, 4) is 0 Å². The third-order valence-electron chi connectivity index (χ3n) is 3.35. The van der Waals surface area contributed by atoms with Gasteiger partial charge in [0.15, 0.2) is 0 Å². The van der Waals surface area contributed by atoms with Crippen LogP contribution < -0.4 is 5.32 Å². The molecule has 20 heavy (non-hydrogen) atoms. The smallest absolute Gasteiger partial charge is 0.330 e. The highest BCUT2D eigenvalue weighted by Crippen LogP contribution is 2.28. The van der Waals surface area contributed by atoms with E-state index in [0.717, 1.165) is 11.3 Å². The highest BCUT2D eigenvalue weighted by atomic mass is 32.2. The minimum absolute atomic E-state index is 0.318. The molecule has 2 N–H and O–H groups in total. The monoisotopic (exact) mass is 295 g/mol. The molecule has 1 aromatic rings. The van der Waals surface area contributed by atoms with E-state index in [4.69, 9.17) is 4.74 Å². The first kappa shape index (κ1) is 14.9. The van der Waals surface area contributed by atoms with E-state index in [1.165, 1.54) is 0 Å². The minimum Gasteiger partial charge on any atom is -0.479 e. The zero-order chi connectivity index (χ0) is 14.6. The van der Waals surface area contributed by atoms with E-state index in [-0.39, 0.29) is 5.91 Å². The maximum absolute atomic E-state index is 12.4. The fourth-order valence-electron chi connectivity index (χ4n) is 2.19. The third-order valence-corrected chi connectivity index (χ3v) is 4.54. The van der Waals surface area contributed by atoms with Crippen LogP contribution >= 0.6 is 11.8 Å². The molecule has 0 aliphatic carbocycles. The van der Waals surface area contributed by atoms with Crippen LogP contribution in [0.25, 0.3) is 0 Å². The quantitative estimate of drug-likeness (QED) is 0.861. The molecule has 6 heteroatoms. The summed E-state index contributed by atoms with van der Waals surface area (Å²) >= 11 is 1.54. The molecule has 0 radical (unpaired) electrons. The number of thioether (sulfide) groups is 1. The highest BCUT2D eigenvalue weighted by molar-refractivity contribution is 7.99. The van der Waals surface area contributed by atoms with Gasteiger partial charge in [0.05, 0.1) is 6.61 Å². The van der Waals surface area contributed by atoms with E-state index in [1.807, 2.05) is 6.07 Å². The lowest BCUT2D eigenvalue weighted by Gasteiger charge is -2.25. The standard InChI is InChI=1S/C14H17NO4S/c1-19-8-10-4-2-3-5-11(10)12(16)15-14(13(17)18)6-7-20-9-14/h2-5H,6-9H2,1H3,(H,15,16)(H,17,18). The zero-order valence-corrected chi connectivity index (χ0v) is 12.0. The molecule has 1 amide bonds. The topological polar surface area (TPSA) is 75.6 Å². The Labute approximate surface area is 121 Å². The number of methoxy groups -OCH3 is 1. The Morgan fingerprint density at radius 3 is 2.80 bits per heavy atom. The highest BCUT2D eigenvalue weighted by Gasteiger charge is 2.43. The van der Waals surface area contributed by atoms with E-state index in [9.17, 15) is 14.7 Å². The summed E-state index contributed by atoms with van der Waals surface area (Å²) in [5.74, 6) is -0.185. The van der Waals surface area contributed by atoms with E-state index in [2.05, 4.69) is 5.32 Å². The van der Waals surface area contributed by atoms with Crippen LogP contribution in [0.4, 0.5) is 0 Å². The summed E-state index contributed by atoms with van der Waals surface area (Å²) < 4.78 is 5.06. The molecular formula is C14H17NO4S. The number of carboxylic acid groups (broad SMARTS) is 1. The van der Waals surface area contributed by atoms with E-state index >= 15 is 0 Å². The number of hydrogen-bond acceptors (Lipinski definition) is 4. The lowest BCUT2D eigenvalue weighted by atomic mass is 9.97. The third kappa shape index (κ3) is 2.96. The molecule has 108 valence electrons. The predicted octanol–water partition coefficient (Wildman–Crippen LogP) is 1.52. The summed E-state index contributed by atoms with van der Waals surface area (Å²) in [6.07, 6.45) is 0.450. The van der Waals surface area contributed by atoms with Gasteiger partial charge in [-0.05, 0) is 23.8 Å². The van der Waals surface area contributed by atoms with Crippen LogP contribution in [0, 0.1) is 0 Å². The number of nitrogens with one attached hydrogen (secondary N) is 1. The molecule has 1 atom stereocenters. The molecule has 2 rings (SSSR count). The molecule has 1 fully saturated rings. The molecule has 1 aromatic carbocycles. The Morgan fingerprint density at radius 1 is 1.45 bits per heavy atom. The molecule has 1 aliphatic rings. The van der Waals surface area contributed by atoms with E-state index < -0.39 is 11.5 Å². The van der Waals surface area contributed by atoms with Crippen LogP contribution in [-0.2, 0) is 16.1 Å². The number of amides is 1. The van der Waals surface area contributed by atoms with Gasteiger partial charge in [0.25, 0.3) is 5.91 Å². The van der Waals surface area contributed by atoms with Crippen molar-refractivity contribution >= 4 is 23.6 Å². The number of ether oxygens (including phenoxy) is 1. The lowest BCUT2D eigenvalue weighted by molar-refractivity contribution is -0.143. The number of rotatable bonds is 5. The van der Waals surface area contributed by atoms with Crippen molar-refractivity contribution in [3.63, 3.8) is 0 Å². The van der Waals surface area contributed by atoms with Gasteiger partial charge < -0.3 is 15.2 Å². The summed E-state index contributed by atoms with van der Waals surface area (Å²) in [7, 11) is 1.56. The van der Waals surface area contributed by atoms with Gasteiger partial charge in [0, 0.05) is 18.4 Å². The van der Waals surface area contributed by atoms with Crippen molar-refractivity contribution in [2.75, 3.05) is 18.6 Å². The largest absolute Gasteiger partial charge is 0.479 e. The predicted molar refractivity (Wildman–Crippen MR) is 76.9 cm³/mol. The van der Waals surface area contributed by atoms with E-state index in [0.29, 0.717) is 24.3 Å². The van der Waals surface area contributed by atoms with Gasteiger partial charge in [-0.3, -0.25) is 4.79 Å². The van der Waals surface area contributed by atoms with Crippen LogP contribution in [-0.4, -0.2) is 41.1 Å². The second kappa shape index (κ2) is 6.28. The summed E-state index contributed by atoms with van der Waals surface area (Å²) in [4.78, 5) is 23.8. The van der Waals surface area contributed by atoms with Crippen LogP contribution in [0.15, 0.2) is 24.3 Å². The average molecular weight is 295 g/mol. The average Bonchev–Trinajstić information content (AvgIpc) is 2.89. The number of aliphatic carboxylic acids is 1. The van der Waals surface area contributed by atoms with Crippen molar-refractivity contribution in [2.45, 2.75) is 18.6 Å². The number of hydrogen-bond donors (Lipinski definition) is 2. The molecule has 0 aromatic heterocycles. The first-order valence-electron chi connectivity index (χ1n) is 6.29. The van der Waals surface area contributed by atoms with Gasteiger partial charge >= 0.3 is 5.97 Å². The van der Waals surface area contributed by atoms with Gasteiger partial charge in [-0.1, -0.05) is 18.2 Å². The molecule has 1 saturated heterocycles. The Kier molecular flexibility index (Phi) is 4.67. The van der Waals surface area contributed by atoms with Gasteiger partial charge in [0.2, 0.25) is 0 Å². The molecule has 0 spiro atoms. The van der Waals surface area contributed by atoms with E-state index in [1.54, 1.807) is 37.1 Å². The second-order valence-electron chi connectivity index (χ2n) is 4.73. The fraction of sp³-hybridized carbons (Fsp3) is 0.429. The summed E-state index contributed by atoms with van der Waals surface area (Å²) in [5.41, 5.74) is 0.0626. The van der Waals surface area contributed by atoms with Crippen LogP contribution in [0.5, 0.6) is 0 Å². The van der Waals surface area contributed by atoms with Crippen molar-refractivity contribution in [1.82, 2.24) is 5.32 Å². The molecule has 1 heterocycles. The van der Waals surface area contributed by atoms with Gasteiger partial charge in [-0.15, -0.1) is 0 Å². The Hall–Kier alpha value is -1.53. The molecule has 1 unspecified atom stereocenters. The van der Waals surface area contributed by atoms with Gasteiger partial charge in [-0.2, -0.15) is 11.8 Å². The number of carbonyl (C=O) groups is 2. The Morgan fingerprint density at radius 2 is 2.20 bits per heavy atom. The fourth-order valence-corrected chi connectivity index (χ4v) is 3.52. The van der Waals surface area contributed by atoms with Crippen LogP contribution in [0.1, 0.15) is 22.3 Å². The first-order valence-corrected chi connectivity index (χ1v) is 7.45. The van der Waals surface area contributed by atoms with Crippen molar-refractivity contribution in [2.24, 2.45) is 0 Å². The Bertz CT molecular complexity index is 512. The van der Waals surface area contributed by atoms with Crippen LogP contribution in [0.3, 0.4) is 0 Å². The SMILES string of the molecule is COCc1ccccc1C(=O)NC1(C(=O)O)CCSC1. The maximum Gasteiger partial charge on any atom is 0.330 e. The lowest BCUT2D eigenvalue weighted by Crippen LogP contribution is -2.54. The first-order chi connectivity index (χ1) is 9.59. The maximum atomic E-state index is 12.4. The molecular weight excluding hydrogens is 278 g/mol. The van der Waals surface area contributed by atoms with Gasteiger partial charge in [-0.25, -0.2) is 4.79 Å². The summed E-state index contributed by atoms with van der Waals surface area (Å²) in [6.45, 7) is 0.318. The van der Waals surface area contributed by atoms with Crippen LogP contribution in [0.2, 0.25) is 0 Å². The molecule has 0 saturated carbocycles. The number of carboxylic acids is 1.